The highest BCUT2D eigenvalue weighted by Gasteiger charge is 2.23. The molecule has 1 heterocycles. The van der Waals surface area contributed by atoms with Gasteiger partial charge in [-0.2, -0.15) is 5.90 Å². The molecule has 0 aromatic heterocycles. The largest absolute Gasteiger partial charge is 0.446 e. The van der Waals surface area contributed by atoms with Crippen LogP contribution in [0.25, 0.3) is 0 Å². The number of amides is 1. The fourth-order valence-electron chi connectivity index (χ4n) is 7.19. The first kappa shape index (κ1) is 41.5. The van der Waals surface area contributed by atoms with Crippen LogP contribution in [0, 0.1) is 0 Å². The molecule has 3 rings (SSSR count). The first-order valence-electron chi connectivity index (χ1n) is 20.0. The molecule has 0 atom stereocenters. The van der Waals surface area contributed by atoms with Crippen LogP contribution in [0.3, 0.4) is 0 Å². The van der Waals surface area contributed by atoms with Gasteiger partial charge >= 0.3 is 6.09 Å². The van der Waals surface area contributed by atoms with Gasteiger partial charge in [-0.05, 0) is 81.2 Å². The molecule has 1 fully saturated rings. The number of allylic oxidation sites excluding steroid dienone is 8. The van der Waals surface area contributed by atoms with Crippen molar-refractivity contribution in [3.05, 3.63) is 83.9 Å². The van der Waals surface area contributed by atoms with Crippen molar-refractivity contribution in [3.63, 3.8) is 0 Å². The Hall–Kier alpha value is -2.87. The molecule has 50 heavy (non-hydrogen) atoms. The Morgan fingerprint density at radius 3 is 1.98 bits per heavy atom. The van der Waals surface area contributed by atoms with E-state index >= 15 is 0 Å². The van der Waals surface area contributed by atoms with E-state index in [0.29, 0.717) is 12.4 Å². The predicted octanol–water partition coefficient (Wildman–Crippen LogP) is 10.8. The monoisotopic (exact) mass is 692 g/mol. The fourth-order valence-corrected chi connectivity index (χ4v) is 7.19. The standard InChI is InChI=1S/C43H69N3O4/c1-3-37(42(4-2)50-44)36-48-35-25-18-16-14-12-10-8-6-5-7-9-11-13-15-17-24-32-46-33-30-39(31-34-46)49-43(47)45-41-29-23-22-28-40(41)38-26-20-19-21-27-38/h3-4,19-20,23,26,29,39H,1-2,5-18,21-22,24-25,27-28,30-36,44H2,(H,45,47)/b42-37-. The van der Waals surface area contributed by atoms with Crippen molar-refractivity contribution in [3.8, 4) is 0 Å². The highest BCUT2D eigenvalue weighted by Crippen LogP contribution is 2.29. The van der Waals surface area contributed by atoms with Crippen LogP contribution in [0.5, 0.6) is 0 Å². The maximum absolute atomic E-state index is 12.7. The molecule has 0 spiro atoms. The van der Waals surface area contributed by atoms with Gasteiger partial charge in [-0.15, -0.1) is 0 Å². The first-order chi connectivity index (χ1) is 24.6. The minimum absolute atomic E-state index is 0.0204. The van der Waals surface area contributed by atoms with E-state index in [9.17, 15) is 4.79 Å². The molecule has 3 N–H and O–H groups in total. The summed E-state index contributed by atoms with van der Waals surface area (Å²) in [6.07, 6.45) is 41.1. The third kappa shape index (κ3) is 17.4. The molecule has 7 heteroatoms. The molecule has 7 nitrogen and oxygen atoms in total. The van der Waals surface area contributed by atoms with Crippen LogP contribution in [0.2, 0.25) is 0 Å². The number of hydrogen-bond acceptors (Lipinski definition) is 6. The molecule has 0 bridgehead atoms. The normalized spacial score (nSPS) is 17.3. The lowest BCUT2D eigenvalue weighted by atomic mass is 9.90. The number of piperidine rings is 1. The topological polar surface area (TPSA) is 86.0 Å². The van der Waals surface area contributed by atoms with Crippen molar-refractivity contribution in [1.82, 2.24) is 10.2 Å². The Balaban J connectivity index is 1.06. The molecule has 1 saturated heterocycles. The van der Waals surface area contributed by atoms with Crippen LogP contribution in [0.1, 0.15) is 141 Å². The minimum atomic E-state index is -0.300. The number of nitrogens with one attached hydrogen (secondary N) is 1. The smallest absolute Gasteiger partial charge is 0.411 e. The van der Waals surface area contributed by atoms with Crippen molar-refractivity contribution < 1.29 is 19.1 Å². The quantitative estimate of drug-likeness (QED) is 0.0386. The van der Waals surface area contributed by atoms with Crippen LogP contribution in [-0.2, 0) is 14.3 Å². The number of hydrogen-bond donors (Lipinski definition) is 2. The summed E-state index contributed by atoms with van der Waals surface area (Å²) >= 11 is 0. The Kier molecular flexibility index (Phi) is 22.3. The molecule has 0 radical (unpaired) electrons. The van der Waals surface area contributed by atoms with Gasteiger partial charge in [0.15, 0.2) is 5.76 Å². The molecule has 2 aliphatic carbocycles. The number of unbranched alkanes of at least 4 members (excludes halogenated alkanes) is 15. The highest BCUT2D eigenvalue weighted by atomic mass is 16.6. The molecule has 3 aliphatic rings. The van der Waals surface area contributed by atoms with Crippen LogP contribution in [-0.4, -0.2) is 49.9 Å². The molecule has 0 unspecified atom stereocenters. The third-order valence-electron chi connectivity index (χ3n) is 10.3. The average molecular weight is 692 g/mol. The summed E-state index contributed by atoms with van der Waals surface area (Å²) in [7, 11) is 0. The van der Waals surface area contributed by atoms with Gasteiger partial charge in [0.2, 0.25) is 0 Å². The van der Waals surface area contributed by atoms with Crippen LogP contribution >= 0.6 is 0 Å². The van der Waals surface area contributed by atoms with Crippen LogP contribution in [0.4, 0.5) is 4.79 Å². The Labute approximate surface area is 304 Å². The number of alkyl carbamates (subject to hydrolysis) is 1. The maximum atomic E-state index is 12.7. The van der Waals surface area contributed by atoms with E-state index in [1.807, 2.05) is 0 Å². The number of nitrogens with two attached hydrogens (primary N) is 1. The van der Waals surface area contributed by atoms with Crippen LogP contribution < -0.4 is 11.2 Å². The number of ether oxygens (including phenoxy) is 2. The lowest BCUT2D eigenvalue weighted by Gasteiger charge is -2.31. The van der Waals surface area contributed by atoms with Gasteiger partial charge in [-0.3, -0.25) is 5.32 Å². The molecule has 0 aromatic rings. The minimum Gasteiger partial charge on any atom is -0.446 e. The van der Waals surface area contributed by atoms with Crippen molar-refractivity contribution in [2.45, 2.75) is 147 Å². The second-order valence-corrected chi connectivity index (χ2v) is 14.2. The average Bonchev–Trinajstić information content (AvgIpc) is 3.14. The first-order valence-corrected chi connectivity index (χ1v) is 20.0. The van der Waals surface area contributed by atoms with Gasteiger partial charge in [0.25, 0.3) is 0 Å². The zero-order valence-electron chi connectivity index (χ0n) is 31.3. The maximum Gasteiger partial charge on any atom is 0.411 e. The molecule has 0 saturated carbocycles. The van der Waals surface area contributed by atoms with Gasteiger partial charge in [-0.1, -0.05) is 133 Å². The molecule has 0 aromatic carbocycles. The van der Waals surface area contributed by atoms with E-state index in [4.69, 9.17) is 20.2 Å². The Morgan fingerprint density at radius 2 is 1.42 bits per heavy atom. The second-order valence-electron chi connectivity index (χ2n) is 14.2. The summed E-state index contributed by atoms with van der Waals surface area (Å²) in [6, 6.07) is 0. The van der Waals surface area contributed by atoms with Crippen molar-refractivity contribution in [2.75, 3.05) is 32.8 Å². The number of carbonyl (C=O) groups excluding carboxylic acids is 1. The lowest BCUT2D eigenvalue weighted by molar-refractivity contribution is 0.0519. The molecular weight excluding hydrogens is 622 g/mol. The van der Waals surface area contributed by atoms with Gasteiger partial charge < -0.3 is 19.2 Å². The van der Waals surface area contributed by atoms with E-state index in [1.54, 1.807) is 12.2 Å². The summed E-state index contributed by atoms with van der Waals surface area (Å²) in [5.74, 6) is 5.76. The second kappa shape index (κ2) is 26.9. The van der Waals surface area contributed by atoms with E-state index in [0.717, 1.165) is 75.9 Å². The van der Waals surface area contributed by atoms with Gasteiger partial charge in [0.05, 0.1) is 6.61 Å². The Bertz CT molecular complexity index is 1140. The lowest BCUT2D eigenvalue weighted by Crippen LogP contribution is -2.39. The summed E-state index contributed by atoms with van der Waals surface area (Å²) in [4.78, 5) is 20.1. The molecule has 280 valence electrons. The van der Waals surface area contributed by atoms with Gasteiger partial charge in [-0.25, -0.2) is 4.79 Å². The number of likely N-dealkylation sites (tertiary alicyclic amines) is 1. The van der Waals surface area contributed by atoms with E-state index in [-0.39, 0.29) is 12.2 Å². The predicted molar refractivity (Wildman–Crippen MR) is 208 cm³/mol. The summed E-state index contributed by atoms with van der Waals surface area (Å²) in [6.45, 7) is 11.9. The number of nitrogens with zero attached hydrogens (tertiary/aromatic N) is 1. The highest BCUT2D eigenvalue weighted by molar-refractivity contribution is 5.71. The van der Waals surface area contributed by atoms with Crippen molar-refractivity contribution >= 4 is 6.09 Å². The van der Waals surface area contributed by atoms with E-state index < -0.39 is 0 Å². The molecule has 1 aliphatic heterocycles. The van der Waals surface area contributed by atoms with Gasteiger partial charge in [0, 0.05) is 31.0 Å². The van der Waals surface area contributed by atoms with E-state index in [1.165, 1.54) is 114 Å². The zero-order chi connectivity index (χ0) is 35.5. The third-order valence-corrected chi connectivity index (χ3v) is 10.3. The Morgan fingerprint density at radius 1 is 0.820 bits per heavy atom. The fraction of sp³-hybridized carbons (Fsp3) is 0.651. The SMILES string of the molecule is C=C/C(COCCCCCCCCCCCCCCCCCCN1CCC(OC(=O)NC2=C(C3=CC=CCC3)CCC=C2)CC1)=C(\C=C)ON. The van der Waals surface area contributed by atoms with Crippen molar-refractivity contribution in [1.29, 1.82) is 0 Å². The summed E-state index contributed by atoms with van der Waals surface area (Å²) < 4.78 is 11.6. The summed E-state index contributed by atoms with van der Waals surface area (Å²) in [5, 5.41) is 3.06. The zero-order valence-corrected chi connectivity index (χ0v) is 31.3. The summed E-state index contributed by atoms with van der Waals surface area (Å²) in [5.41, 5.74) is 4.36. The van der Waals surface area contributed by atoms with E-state index in [2.05, 4.69) is 53.8 Å². The van der Waals surface area contributed by atoms with Crippen LogP contribution in [0.15, 0.2) is 83.9 Å². The van der Waals surface area contributed by atoms with Gasteiger partial charge in [0.1, 0.15) is 6.10 Å². The number of rotatable bonds is 27. The van der Waals surface area contributed by atoms with Crippen molar-refractivity contribution in [2.24, 2.45) is 5.90 Å². The molecular formula is C43H69N3O4. The molecule has 1 amide bonds. The number of carbonyl (C=O) groups is 1.